The maximum atomic E-state index is 13.7. The number of carbonyl (C=O) groups is 4. The number of amides is 2. The average Bonchev–Trinajstić information content (AvgIpc) is 3.95. The summed E-state index contributed by atoms with van der Waals surface area (Å²) < 4.78 is 84.2. The molecule has 0 spiro atoms. The second-order valence-electron chi connectivity index (χ2n) is 16.5. The van der Waals surface area contributed by atoms with Crippen LogP contribution in [0.2, 0.25) is 0 Å². The molecule has 3 aliphatic heterocycles. The Morgan fingerprint density at radius 1 is 0.685 bits per heavy atom. The highest BCUT2D eigenvalue weighted by atomic mass is 31.2. The van der Waals surface area contributed by atoms with Gasteiger partial charge in [-0.3, -0.25) is 46.9 Å². The topological polar surface area (TPSA) is 381 Å². The van der Waals surface area contributed by atoms with E-state index < -0.39 is 135 Å². The first-order chi connectivity index (χ1) is 34.5. The molecule has 8 N–H and O–H groups in total. The van der Waals surface area contributed by atoms with E-state index in [1.165, 1.54) is 45.5 Å². The predicted molar refractivity (Wildman–Crippen MR) is 248 cm³/mol. The molecule has 73 heavy (non-hydrogen) atoms. The van der Waals surface area contributed by atoms with Crippen LogP contribution < -0.4 is 41.8 Å². The predicted octanol–water partition coefficient (Wildman–Crippen LogP) is 0.431. The van der Waals surface area contributed by atoms with Gasteiger partial charge in [0, 0.05) is 24.8 Å². The van der Waals surface area contributed by atoms with Gasteiger partial charge in [-0.05, 0) is 52.0 Å². The summed E-state index contributed by atoms with van der Waals surface area (Å²) in [6, 6.07) is 14.1. The minimum atomic E-state index is -4.25. The van der Waals surface area contributed by atoms with E-state index in [1.807, 2.05) is 0 Å². The summed E-state index contributed by atoms with van der Waals surface area (Å²) in [5.74, 6) is -4.14. The third kappa shape index (κ3) is 13.7. The Bertz CT molecular complexity index is 2820. The molecule has 0 aliphatic carbocycles. The summed E-state index contributed by atoms with van der Waals surface area (Å²) in [5.41, 5.74) is 7.64. The van der Waals surface area contributed by atoms with E-state index in [0.717, 1.165) is 28.6 Å². The molecule has 7 rings (SSSR count). The monoisotopic (exact) mass is 1060 g/mol. The van der Waals surface area contributed by atoms with E-state index in [4.69, 9.17) is 53.2 Å². The zero-order chi connectivity index (χ0) is 53.4. The Kier molecular flexibility index (Phi) is 18.2. The summed E-state index contributed by atoms with van der Waals surface area (Å²) in [6.07, 6.45) is -4.59. The van der Waals surface area contributed by atoms with Crippen molar-refractivity contribution < 1.29 is 85.0 Å². The van der Waals surface area contributed by atoms with E-state index in [2.05, 4.69) is 24.9 Å². The molecule has 28 nitrogen and oxygen atoms in total. The van der Waals surface area contributed by atoms with Crippen LogP contribution in [0.3, 0.4) is 0 Å². The molecule has 4 aromatic rings. The number of rotatable bonds is 20. The second-order valence-corrected chi connectivity index (χ2v) is 19.9. The van der Waals surface area contributed by atoms with Gasteiger partial charge in [0.15, 0.2) is 29.6 Å². The standard InChI is InChI=1S/C23H29N4O10P.C20H25N4O10P/c1-13(22(30)32-4)26-38(31,37-14-8-6-5-7-9-14)33-12-15-17-18(36-23(2,3)35-17)21(34-15)27-11-10-25-16(19(24)28)20(27)29;1-11(20(29)31-2)23-35(30,34-12-6-4-3-5-7-12)32-10-13-15(25)16(26)19(33-13)24-9-8-22-14(17(21)27)18(24)28/h5-11,13,15,17-18,21H,12H2,1-4H3,(H2,24,28)(H,26,31);3-9,11,13,15-16,19,25-26H,10H2,1-2H3,(H2,21,27)(H,23,30)/t13-,15+,17+,18+,21+,38?;11-,13+,15+,16+,19+,35?/m00/s1. The van der Waals surface area contributed by atoms with Gasteiger partial charge < -0.3 is 59.1 Å². The fourth-order valence-corrected chi connectivity index (χ4v) is 10.4. The number of aliphatic hydroxyl groups excluding tert-OH is 2. The molecule has 2 unspecified atom stereocenters. The Balaban J connectivity index is 0.000000239. The third-order valence-electron chi connectivity index (χ3n) is 10.8. The van der Waals surface area contributed by atoms with Crippen molar-refractivity contribution in [2.24, 2.45) is 11.5 Å². The number of aliphatic hydroxyl groups is 2. The molecule has 2 aromatic carbocycles. The molecule has 3 aliphatic rings. The van der Waals surface area contributed by atoms with Crippen LogP contribution >= 0.6 is 15.5 Å². The number of nitrogens with two attached hydrogens (primary N) is 2. The number of hydrogen-bond donors (Lipinski definition) is 6. The molecule has 5 heterocycles. The number of esters is 2. The number of ether oxygens (including phenoxy) is 6. The van der Waals surface area contributed by atoms with Gasteiger partial charge >= 0.3 is 27.4 Å². The quantitative estimate of drug-likeness (QED) is 0.0516. The highest BCUT2D eigenvalue weighted by molar-refractivity contribution is 7.52. The van der Waals surface area contributed by atoms with Gasteiger partial charge in [-0.25, -0.2) is 19.1 Å². The SMILES string of the molecule is COC(=O)[C@H](C)NP(=O)(OC[C@H]1O[C@@H](n2ccnc(C(N)=O)c2=O)[C@@H]2OC(C)(C)O[C@@H]21)Oc1ccccc1.COC(=O)[C@H](C)NP(=O)(OC[C@H]1O[C@@H](n2ccnc(C(N)=O)c2=O)[C@H](O)[C@@H]1O)Oc1ccccc1. The Morgan fingerprint density at radius 2 is 1.10 bits per heavy atom. The molecule has 0 bridgehead atoms. The van der Waals surface area contributed by atoms with Crippen molar-refractivity contribution in [3.63, 3.8) is 0 Å². The number of methoxy groups -OCH3 is 2. The minimum Gasteiger partial charge on any atom is -0.468 e. The van der Waals surface area contributed by atoms with Crippen LogP contribution in [0, 0.1) is 0 Å². The van der Waals surface area contributed by atoms with Gasteiger partial charge in [-0.1, -0.05) is 36.4 Å². The van der Waals surface area contributed by atoms with E-state index in [0.29, 0.717) is 0 Å². The van der Waals surface area contributed by atoms with Gasteiger partial charge in [0.2, 0.25) is 0 Å². The van der Waals surface area contributed by atoms with E-state index in [1.54, 1.807) is 62.4 Å². The lowest BCUT2D eigenvalue weighted by Gasteiger charge is -2.26. The van der Waals surface area contributed by atoms with Crippen LogP contribution in [0.25, 0.3) is 0 Å². The van der Waals surface area contributed by atoms with Crippen molar-refractivity contribution in [2.45, 2.75) is 94.6 Å². The molecule has 0 saturated carbocycles. The molecular weight excluding hydrogens is 1010 g/mol. The summed E-state index contributed by atoms with van der Waals surface area (Å²) >= 11 is 0. The first-order valence-electron chi connectivity index (χ1n) is 22.0. The maximum Gasteiger partial charge on any atom is 0.459 e. The number of para-hydroxylation sites is 2. The Labute approximate surface area is 415 Å². The number of hydrogen-bond acceptors (Lipinski definition) is 22. The summed E-state index contributed by atoms with van der Waals surface area (Å²) in [6.45, 7) is 5.27. The van der Waals surface area contributed by atoms with E-state index in [9.17, 15) is 48.1 Å². The van der Waals surface area contributed by atoms with Crippen LogP contribution in [0.5, 0.6) is 11.5 Å². The van der Waals surface area contributed by atoms with Crippen molar-refractivity contribution in [3.8, 4) is 11.5 Å². The molecular formula is C43H54N8O20P2. The number of primary amides is 2. The minimum absolute atomic E-state index is 0.161. The van der Waals surface area contributed by atoms with Gasteiger partial charge in [-0.2, -0.15) is 10.2 Å². The van der Waals surface area contributed by atoms with Crippen LogP contribution in [0.1, 0.15) is 61.1 Å². The molecule has 2 amide bonds. The smallest absolute Gasteiger partial charge is 0.459 e. The largest absolute Gasteiger partial charge is 0.468 e. The number of nitrogens with one attached hydrogen (secondary N) is 2. The zero-order valence-corrected chi connectivity index (χ0v) is 41.6. The van der Waals surface area contributed by atoms with Gasteiger partial charge in [0.25, 0.3) is 22.9 Å². The van der Waals surface area contributed by atoms with Crippen molar-refractivity contribution in [2.75, 3.05) is 27.4 Å². The van der Waals surface area contributed by atoms with Crippen molar-refractivity contribution in [1.29, 1.82) is 0 Å². The maximum absolute atomic E-state index is 13.7. The number of carbonyl (C=O) groups excluding carboxylic acids is 4. The van der Waals surface area contributed by atoms with Gasteiger partial charge in [0.1, 0.15) is 60.2 Å². The lowest BCUT2D eigenvalue weighted by Crippen LogP contribution is -2.38. The van der Waals surface area contributed by atoms with Crippen molar-refractivity contribution in [3.05, 3.63) is 118 Å². The van der Waals surface area contributed by atoms with Crippen LogP contribution in [0.15, 0.2) is 95.0 Å². The summed E-state index contributed by atoms with van der Waals surface area (Å²) in [7, 11) is -6.08. The first-order valence-corrected chi connectivity index (χ1v) is 25.0. The second kappa shape index (κ2) is 23.7. The molecule has 0 radical (unpaired) electrons. The molecule has 396 valence electrons. The number of benzene rings is 2. The van der Waals surface area contributed by atoms with Gasteiger partial charge in [0.05, 0.1) is 27.4 Å². The van der Waals surface area contributed by atoms with Crippen LogP contribution in [-0.2, 0) is 56.2 Å². The zero-order valence-electron chi connectivity index (χ0n) is 39.9. The van der Waals surface area contributed by atoms with E-state index in [-0.39, 0.29) is 18.1 Å². The average molecular weight is 1060 g/mol. The summed E-state index contributed by atoms with van der Waals surface area (Å²) in [5, 5.41) is 25.9. The molecule has 3 saturated heterocycles. The number of nitrogens with zero attached hydrogens (tertiary/aromatic N) is 4. The van der Waals surface area contributed by atoms with E-state index >= 15 is 0 Å². The Morgan fingerprint density at radius 3 is 1.53 bits per heavy atom. The number of fused-ring (bicyclic) bond motifs is 1. The lowest BCUT2D eigenvalue weighted by atomic mass is 10.1. The van der Waals surface area contributed by atoms with Crippen molar-refractivity contribution in [1.82, 2.24) is 29.3 Å². The van der Waals surface area contributed by atoms with Crippen LogP contribution in [-0.4, -0.2) is 135 Å². The normalized spacial score (nSPS) is 25.3. The lowest BCUT2D eigenvalue weighted by molar-refractivity contribution is -0.199. The van der Waals surface area contributed by atoms with Crippen molar-refractivity contribution >= 4 is 39.2 Å². The summed E-state index contributed by atoms with van der Waals surface area (Å²) in [4.78, 5) is 79.5. The highest BCUT2D eigenvalue weighted by Gasteiger charge is 2.57. The fraction of sp³-hybridized carbons (Fsp3) is 0.442. The first kappa shape index (κ1) is 56.0. The van der Waals surface area contributed by atoms with Gasteiger partial charge in [-0.15, -0.1) is 0 Å². The third-order valence-corrected chi connectivity index (χ3v) is 14.1. The molecule has 2 aromatic heterocycles. The molecule has 30 heteroatoms. The highest BCUT2D eigenvalue weighted by Crippen LogP contribution is 2.49. The van der Waals surface area contributed by atoms with Crippen LogP contribution in [0.4, 0.5) is 0 Å². The molecule has 12 atom stereocenters. The fourth-order valence-electron chi connectivity index (χ4n) is 7.40. The molecule has 3 fully saturated rings. The number of aromatic nitrogens is 4. The Hall–Kier alpha value is -6.26.